The van der Waals surface area contributed by atoms with Crippen molar-refractivity contribution in [2.24, 2.45) is 5.92 Å². The van der Waals surface area contributed by atoms with E-state index in [0.29, 0.717) is 0 Å². The van der Waals surface area contributed by atoms with Gasteiger partial charge in [-0.2, -0.15) is 13.2 Å². The zero-order valence-electron chi connectivity index (χ0n) is 12.4. The Bertz CT molecular complexity index is 410. The third kappa shape index (κ3) is 3.79. The summed E-state index contributed by atoms with van der Waals surface area (Å²) >= 11 is 0. The Labute approximate surface area is 121 Å². The number of carbonyl (C=O) groups excluding carboxylic acids is 1. The van der Waals surface area contributed by atoms with Crippen molar-refractivity contribution in [1.82, 2.24) is 9.80 Å². The second-order valence-corrected chi connectivity index (χ2v) is 5.72. The van der Waals surface area contributed by atoms with Crippen molar-refractivity contribution in [1.29, 1.82) is 0 Å². The molecule has 0 aliphatic carbocycles. The Hall–Kier alpha value is -1.47. The molecule has 1 aliphatic heterocycles. The van der Waals surface area contributed by atoms with Crippen LogP contribution in [0.25, 0.3) is 0 Å². The minimum atomic E-state index is -4.34. The van der Waals surface area contributed by atoms with E-state index in [9.17, 15) is 27.9 Å². The average molecular weight is 310 g/mol. The smallest absolute Gasteiger partial charge is 0.393 e. The summed E-state index contributed by atoms with van der Waals surface area (Å²) in [5, 5.41) is 9.18. The molecule has 1 saturated heterocycles. The highest BCUT2D eigenvalue weighted by Crippen LogP contribution is 2.33. The van der Waals surface area contributed by atoms with Crippen molar-refractivity contribution in [2.45, 2.75) is 45.3 Å². The van der Waals surface area contributed by atoms with Crippen LogP contribution < -0.4 is 0 Å². The molecule has 0 aromatic carbocycles. The van der Waals surface area contributed by atoms with Crippen LogP contribution in [-0.4, -0.2) is 58.3 Å². The van der Waals surface area contributed by atoms with Gasteiger partial charge in [-0.15, -0.1) is 0 Å². The Morgan fingerprint density at radius 2 is 1.90 bits per heavy atom. The van der Waals surface area contributed by atoms with Gasteiger partial charge >= 0.3 is 18.2 Å². The maximum atomic E-state index is 12.8. The van der Waals surface area contributed by atoms with Crippen molar-refractivity contribution in [2.75, 3.05) is 19.6 Å². The molecule has 1 N–H and O–H groups in total. The van der Waals surface area contributed by atoms with Gasteiger partial charge in [0.2, 0.25) is 0 Å². The van der Waals surface area contributed by atoms with Crippen LogP contribution in [0.1, 0.15) is 33.6 Å². The number of aliphatic carboxylic acids is 1. The van der Waals surface area contributed by atoms with Crippen molar-refractivity contribution < 1.29 is 27.9 Å². The molecule has 2 amide bonds. The molecule has 1 atom stereocenters. The summed E-state index contributed by atoms with van der Waals surface area (Å²) in [4.78, 5) is 25.8. The molecule has 0 spiro atoms. The topological polar surface area (TPSA) is 60.9 Å². The molecule has 122 valence electrons. The second-order valence-electron chi connectivity index (χ2n) is 5.72. The summed E-state index contributed by atoms with van der Waals surface area (Å²) in [6, 6.07) is -0.654. The van der Waals surface area contributed by atoms with E-state index in [1.54, 1.807) is 6.92 Å². The normalized spacial score (nSPS) is 20.3. The van der Waals surface area contributed by atoms with E-state index in [2.05, 4.69) is 0 Å². The Kier molecular flexibility index (Phi) is 5.11. The molecule has 1 unspecified atom stereocenters. The number of likely N-dealkylation sites (tertiary alicyclic amines) is 1. The molecule has 1 heterocycles. The summed E-state index contributed by atoms with van der Waals surface area (Å²) in [7, 11) is 0. The fourth-order valence-corrected chi connectivity index (χ4v) is 2.47. The first-order valence-corrected chi connectivity index (χ1v) is 6.88. The van der Waals surface area contributed by atoms with E-state index < -0.39 is 36.2 Å². The first-order valence-electron chi connectivity index (χ1n) is 6.88. The van der Waals surface area contributed by atoms with Gasteiger partial charge in [-0.05, 0) is 33.6 Å². The highest BCUT2D eigenvalue weighted by atomic mass is 19.4. The highest BCUT2D eigenvalue weighted by Gasteiger charge is 2.45. The molecule has 0 radical (unpaired) electrons. The minimum absolute atomic E-state index is 0.00171. The molecule has 0 saturated carbocycles. The zero-order valence-corrected chi connectivity index (χ0v) is 12.4. The van der Waals surface area contributed by atoms with E-state index in [-0.39, 0.29) is 25.9 Å². The van der Waals surface area contributed by atoms with Crippen LogP contribution >= 0.6 is 0 Å². The van der Waals surface area contributed by atoms with E-state index in [1.807, 2.05) is 0 Å². The number of carbonyl (C=O) groups is 2. The van der Waals surface area contributed by atoms with Gasteiger partial charge in [0.1, 0.15) is 5.54 Å². The van der Waals surface area contributed by atoms with Crippen LogP contribution in [0.3, 0.4) is 0 Å². The van der Waals surface area contributed by atoms with Crippen molar-refractivity contribution in [3.63, 3.8) is 0 Å². The number of alkyl halides is 3. The van der Waals surface area contributed by atoms with Gasteiger partial charge in [0, 0.05) is 19.6 Å². The summed E-state index contributed by atoms with van der Waals surface area (Å²) in [6.07, 6.45) is -4.07. The molecule has 21 heavy (non-hydrogen) atoms. The van der Waals surface area contributed by atoms with Crippen molar-refractivity contribution in [3.8, 4) is 0 Å². The third-order valence-corrected chi connectivity index (χ3v) is 3.90. The SMILES string of the molecule is CCN(C(=O)N1CCCC(C(F)(F)F)C1)C(C)(C)C(=O)O. The summed E-state index contributed by atoms with van der Waals surface area (Å²) in [5.74, 6) is -2.73. The van der Waals surface area contributed by atoms with Crippen LogP contribution in [0.2, 0.25) is 0 Å². The third-order valence-electron chi connectivity index (χ3n) is 3.90. The summed E-state index contributed by atoms with van der Waals surface area (Å²) < 4.78 is 38.3. The summed E-state index contributed by atoms with van der Waals surface area (Å²) in [6.45, 7) is 4.26. The molecule has 8 heteroatoms. The molecule has 5 nitrogen and oxygen atoms in total. The fraction of sp³-hybridized carbons (Fsp3) is 0.846. The molecule has 1 aliphatic rings. The van der Waals surface area contributed by atoms with Crippen LogP contribution in [0.4, 0.5) is 18.0 Å². The van der Waals surface area contributed by atoms with Gasteiger partial charge in [0.05, 0.1) is 5.92 Å². The fourth-order valence-electron chi connectivity index (χ4n) is 2.47. The lowest BCUT2D eigenvalue weighted by atomic mass is 9.97. The van der Waals surface area contributed by atoms with E-state index in [4.69, 9.17) is 0 Å². The number of hydrogen-bond donors (Lipinski definition) is 1. The molecule has 0 aromatic rings. The molecule has 1 fully saturated rings. The van der Waals surface area contributed by atoms with Crippen molar-refractivity contribution >= 4 is 12.0 Å². The quantitative estimate of drug-likeness (QED) is 0.871. The predicted octanol–water partition coefficient (Wildman–Crippen LogP) is 2.57. The molecular formula is C13H21F3N2O3. The highest BCUT2D eigenvalue weighted by molar-refractivity contribution is 5.85. The first-order chi connectivity index (χ1) is 9.51. The van der Waals surface area contributed by atoms with Crippen LogP contribution in [0.5, 0.6) is 0 Å². The van der Waals surface area contributed by atoms with Gasteiger partial charge in [0.25, 0.3) is 0 Å². The summed E-state index contributed by atoms with van der Waals surface area (Å²) in [5.41, 5.74) is -1.46. The maximum absolute atomic E-state index is 12.8. The largest absolute Gasteiger partial charge is 0.480 e. The number of carboxylic acids is 1. The first kappa shape index (κ1) is 17.6. The van der Waals surface area contributed by atoms with E-state index in [1.165, 1.54) is 13.8 Å². The number of nitrogens with zero attached hydrogens (tertiary/aromatic N) is 2. The van der Waals surface area contributed by atoms with Gasteiger partial charge < -0.3 is 14.9 Å². The van der Waals surface area contributed by atoms with Gasteiger partial charge in [-0.25, -0.2) is 9.59 Å². The van der Waals surface area contributed by atoms with E-state index in [0.717, 1.165) is 9.80 Å². The molecular weight excluding hydrogens is 289 g/mol. The van der Waals surface area contributed by atoms with Crippen molar-refractivity contribution in [3.05, 3.63) is 0 Å². The van der Waals surface area contributed by atoms with Crippen LogP contribution in [0, 0.1) is 5.92 Å². The molecule has 0 aromatic heterocycles. The average Bonchev–Trinajstić information content (AvgIpc) is 2.38. The number of amides is 2. The number of carboxylic acid groups (broad SMARTS) is 1. The number of hydrogen-bond acceptors (Lipinski definition) is 2. The Balaban J connectivity index is 2.88. The Morgan fingerprint density at radius 3 is 2.33 bits per heavy atom. The van der Waals surface area contributed by atoms with Gasteiger partial charge in [0.15, 0.2) is 0 Å². The second kappa shape index (κ2) is 6.11. The van der Waals surface area contributed by atoms with Crippen LogP contribution in [-0.2, 0) is 4.79 Å². The van der Waals surface area contributed by atoms with Gasteiger partial charge in [-0.3, -0.25) is 0 Å². The standard InChI is InChI=1S/C13H21F3N2O3/c1-4-18(12(2,3)10(19)20)11(21)17-7-5-6-9(8-17)13(14,15)16/h9H,4-8H2,1-3H3,(H,19,20). The predicted molar refractivity (Wildman–Crippen MR) is 69.8 cm³/mol. The number of likely N-dealkylation sites (N-methyl/N-ethyl adjacent to an activating group) is 1. The van der Waals surface area contributed by atoms with Crippen LogP contribution in [0.15, 0.2) is 0 Å². The maximum Gasteiger partial charge on any atom is 0.393 e. The molecule has 0 bridgehead atoms. The van der Waals surface area contributed by atoms with E-state index >= 15 is 0 Å². The monoisotopic (exact) mass is 310 g/mol. The number of halogens is 3. The zero-order chi connectivity index (χ0) is 16.4. The lowest BCUT2D eigenvalue weighted by Crippen LogP contribution is -2.58. The lowest BCUT2D eigenvalue weighted by Gasteiger charge is -2.41. The Morgan fingerprint density at radius 1 is 1.33 bits per heavy atom. The molecule has 1 rings (SSSR count). The number of rotatable bonds is 3. The minimum Gasteiger partial charge on any atom is -0.480 e. The number of urea groups is 1. The van der Waals surface area contributed by atoms with Gasteiger partial charge in [-0.1, -0.05) is 0 Å². The lowest BCUT2D eigenvalue weighted by molar-refractivity contribution is -0.184. The number of piperidine rings is 1.